The lowest BCUT2D eigenvalue weighted by Crippen LogP contribution is -2.57. The van der Waals surface area contributed by atoms with Crippen LogP contribution in [-0.2, 0) is 14.3 Å². The molecule has 2 aliphatic heterocycles. The van der Waals surface area contributed by atoms with Gasteiger partial charge < -0.3 is 19.4 Å². The molecule has 130 valence electrons. The van der Waals surface area contributed by atoms with Gasteiger partial charge in [-0.25, -0.2) is 0 Å². The maximum absolute atomic E-state index is 13.0. The normalized spacial score (nSPS) is 25.8. The molecule has 2 unspecified atom stereocenters. The molecule has 2 amide bonds. The van der Waals surface area contributed by atoms with Crippen LogP contribution in [-0.4, -0.2) is 79.0 Å². The van der Waals surface area contributed by atoms with E-state index in [1.165, 1.54) is 0 Å². The first-order valence-electron chi connectivity index (χ1n) is 8.55. The Balaban J connectivity index is 1.79. The van der Waals surface area contributed by atoms with Gasteiger partial charge in [-0.2, -0.15) is 0 Å². The highest BCUT2D eigenvalue weighted by molar-refractivity contribution is 5.86. The Kier molecular flexibility index (Phi) is 5.16. The summed E-state index contributed by atoms with van der Waals surface area (Å²) in [5.74, 6) is -0.109. The first kappa shape index (κ1) is 16.9. The number of morpholine rings is 1. The predicted molar refractivity (Wildman–Crippen MR) is 90.4 cm³/mol. The predicted octanol–water partition coefficient (Wildman–Crippen LogP) is 0.749. The van der Waals surface area contributed by atoms with E-state index in [1.807, 2.05) is 35.2 Å². The highest BCUT2D eigenvalue weighted by Gasteiger charge is 2.42. The van der Waals surface area contributed by atoms with Gasteiger partial charge in [0.2, 0.25) is 5.91 Å². The number of carbonyl (C=O) groups excluding carboxylic acids is 2. The molecule has 0 saturated carbocycles. The molecule has 1 aromatic rings. The fourth-order valence-corrected chi connectivity index (χ4v) is 3.43. The Morgan fingerprint density at radius 3 is 2.46 bits per heavy atom. The van der Waals surface area contributed by atoms with Crippen molar-refractivity contribution in [1.82, 2.24) is 14.7 Å². The average molecular weight is 331 g/mol. The third kappa shape index (κ3) is 3.30. The van der Waals surface area contributed by atoms with Crippen molar-refractivity contribution in [2.45, 2.75) is 19.1 Å². The van der Waals surface area contributed by atoms with Crippen LogP contribution in [0.1, 0.15) is 18.5 Å². The minimum Gasteiger partial charge on any atom is -0.356 e. The Labute approximate surface area is 143 Å². The number of hydrogen-bond acceptors (Lipinski definition) is 4. The standard InChI is InChI=1S/C18H25N3O3/c1-3-20-9-11-21(12-10-20)18(23)17-16(14-7-5-4-6-8-14)19(2)15(22)13-24-17/h4-8,16-17H,3,9-13H2,1-2H3. The Morgan fingerprint density at radius 1 is 1.17 bits per heavy atom. The number of ether oxygens (including phenoxy) is 1. The molecule has 0 aliphatic carbocycles. The molecule has 1 aromatic carbocycles. The average Bonchev–Trinajstić information content (AvgIpc) is 2.64. The largest absolute Gasteiger partial charge is 0.356 e. The monoisotopic (exact) mass is 331 g/mol. The lowest BCUT2D eigenvalue weighted by Gasteiger charge is -2.42. The molecular formula is C18H25N3O3. The van der Waals surface area contributed by atoms with Crippen LogP contribution < -0.4 is 0 Å². The van der Waals surface area contributed by atoms with Crippen molar-refractivity contribution in [3.05, 3.63) is 35.9 Å². The van der Waals surface area contributed by atoms with Gasteiger partial charge >= 0.3 is 0 Å². The van der Waals surface area contributed by atoms with E-state index in [0.29, 0.717) is 13.1 Å². The SMILES string of the molecule is CCN1CCN(C(=O)C2OCC(=O)N(C)C2c2ccccc2)CC1. The highest BCUT2D eigenvalue weighted by atomic mass is 16.5. The molecule has 6 nitrogen and oxygen atoms in total. The topological polar surface area (TPSA) is 53.1 Å². The van der Waals surface area contributed by atoms with Crippen LogP contribution in [0.15, 0.2) is 30.3 Å². The third-order valence-electron chi connectivity index (χ3n) is 5.00. The van der Waals surface area contributed by atoms with Gasteiger partial charge in [-0.05, 0) is 12.1 Å². The van der Waals surface area contributed by atoms with Crippen molar-refractivity contribution < 1.29 is 14.3 Å². The van der Waals surface area contributed by atoms with Gasteiger partial charge in [0.25, 0.3) is 5.91 Å². The van der Waals surface area contributed by atoms with E-state index in [0.717, 1.165) is 25.2 Å². The van der Waals surface area contributed by atoms with E-state index < -0.39 is 6.10 Å². The van der Waals surface area contributed by atoms with Crippen molar-refractivity contribution in [3.8, 4) is 0 Å². The van der Waals surface area contributed by atoms with E-state index in [1.54, 1.807) is 11.9 Å². The number of hydrogen-bond donors (Lipinski definition) is 0. The molecule has 6 heteroatoms. The van der Waals surface area contributed by atoms with Crippen LogP contribution in [0.5, 0.6) is 0 Å². The first-order valence-corrected chi connectivity index (χ1v) is 8.55. The zero-order chi connectivity index (χ0) is 17.1. The minimum atomic E-state index is -0.636. The van der Waals surface area contributed by atoms with E-state index >= 15 is 0 Å². The number of nitrogens with zero attached hydrogens (tertiary/aromatic N) is 3. The summed E-state index contributed by atoms with van der Waals surface area (Å²) in [7, 11) is 1.75. The molecule has 2 fully saturated rings. The quantitative estimate of drug-likeness (QED) is 0.820. The van der Waals surface area contributed by atoms with Crippen LogP contribution in [0.3, 0.4) is 0 Å². The van der Waals surface area contributed by atoms with Crippen LogP contribution in [0.25, 0.3) is 0 Å². The molecule has 2 aliphatic rings. The Morgan fingerprint density at radius 2 is 1.83 bits per heavy atom. The molecule has 0 N–H and O–H groups in total. The van der Waals surface area contributed by atoms with Gasteiger partial charge in [0.15, 0.2) is 6.10 Å². The summed E-state index contributed by atoms with van der Waals surface area (Å²) >= 11 is 0. The molecule has 0 spiro atoms. The van der Waals surface area contributed by atoms with E-state index in [4.69, 9.17) is 4.74 Å². The highest BCUT2D eigenvalue weighted by Crippen LogP contribution is 2.30. The number of rotatable bonds is 3. The number of amides is 2. The van der Waals surface area contributed by atoms with Gasteiger partial charge in [0, 0.05) is 33.2 Å². The molecule has 2 saturated heterocycles. The molecule has 0 aromatic heterocycles. The van der Waals surface area contributed by atoms with Crippen molar-refractivity contribution in [1.29, 1.82) is 0 Å². The second-order valence-corrected chi connectivity index (χ2v) is 6.35. The Hall–Kier alpha value is -1.92. The van der Waals surface area contributed by atoms with E-state index in [9.17, 15) is 9.59 Å². The van der Waals surface area contributed by atoms with E-state index in [-0.39, 0.29) is 24.5 Å². The van der Waals surface area contributed by atoms with Gasteiger partial charge in [-0.3, -0.25) is 9.59 Å². The van der Waals surface area contributed by atoms with Crippen LogP contribution in [0.2, 0.25) is 0 Å². The fraction of sp³-hybridized carbons (Fsp3) is 0.556. The van der Waals surface area contributed by atoms with Crippen LogP contribution in [0, 0.1) is 0 Å². The van der Waals surface area contributed by atoms with Crippen molar-refractivity contribution in [3.63, 3.8) is 0 Å². The summed E-state index contributed by atoms with van der Waals surface area (Å²) in [5.41, 5.74) is 0.929. The molecule has 0 radical (unpaired) electrons. The summed E-state index contributed by atoms with van der Waals surface area (Å²) in [6.45, 7) is 6.31. The van der Waals surface area contributed by atoms with Gasteiger partial charge in [0.1, 0.15) is 6.61 Å². The molecular weight excluding hydrogens is 306 g/mol. The van der Waals surface area contributed by atoms with Crippen molar-refractivity contribution in [2.24, 2.45) is 0 Å². The second-order valence-electron chi connectivity index (χ2n) is 6.35. The minimum absolute atomic E-state index is 0.0149. The number of benzene rings is 1. The Bertz CT molecular complexity index is 584. The number of piperazine rings is 1. The molecule has 2 heterocycles. The molecule has 24 heavy (non-hydrogen) atoms. The zero-order valence-electron chi connectivity index (χ0n) is 14.4. The molecule has 2 atom stereocenters. The summed E-state index contributed by atoms with van der Waals surface area (Å²) in [4.78, 5) is 30.9. The van der Waals surface area contributed by atoms with Gasteiger partial charge in [0.05, 0.1) is 6.04 Å². The van der Waals surface area contributed by atoms with E-state index in [2.05, 4.69) is 11.8 Å². The summed E-state index contributed by atoms with van der Waals surface area (Å²) in [6.07, 6.45) is -0.636. The summed E-state index contributed by atoms with van der Waals surface area (Å²) in [6, 6.07) is 9.28. The zero-order valence-corrected chi connectivity index (χ0v) is 14.4. The fourth-order valence-electron chi connectivity index (χ4n) is 3.43. The smallest absolute Gasteiger partial charge is 0.254 e. The van der Waals surface area contributed by atoms with Crippen molar-refractivity contribution >= 4 is 11.8 Å². The summed E-state index contributed by atoms with van der Waals surface area (Å²) < 4.78 is 5.70. The number of carbonyl (C=O) groups is 2. The third-order valence-corrected chi connectivity index (χ3v) is 5.00. The maximum Gasteiger partial charge on any atom is 0.254 e. The lowest BCUT2D eigenvalue weighted by molar-refractivity contribution is -0.168. The van der Waals surface area contributed by atoms with Gasteiger partial charge in [-0.1, -0.05) is 37.3 Å². The molecule has 3 rings (SSSR count). The molecule has 0 bridgehead atoms. The van der Waals surface area contributed by atoms with Gasteiger partial charge in [-0.15, -0.1) is 0 Å². The second kappa shape index (κ2) is 7.32. The van der Waals surface area contributed by atoms with Crippen LogP contribution in [0.4, 0.5) is 0 Å². The first-order chi connectivity index (χ1) is 11.6. The van der Waals surface area contributed by atoms with Crippen LogP contribution >= 0.6 is 0 Å². The summed E-state index contributed by atoms with van der Waals surface area (Å²) in [5, 5.41) is 0. The van der Waals surface area contributed by atoms with Crippen molar-refractivity contribution in [2.75, 3.05) is 46.4 Å². The lowest BCUT2D eigenvalue weighted by atomic mass is 9.97. The number of likely N-dealkylation sites (N-methyl/N-ethyl adjacent to an activating group) is 2. The maximum atomic E-state index is 13.0.